The lowest BCUT2D eigenvalue weighted by atomic mass is 9.77. The third kappa shape index (κ3) is 1.72. The van der Waals surface area contributed by atoms with Crippen molar-refractivity contribution in [1.82, 2.24) is 0 Å². The highest BCUT2D eigenvalue weighted by Gasteiger charge is 2.43. The Morgan fingerprint density at radius 3 is 2.89 bits per heavy atom. The van der Waals surface area contributed by atoms with E-state index in [9.17, 15) is 5.11 Å². The molecule has 0 spiro atoms. The van der Waals surface area contributed by atoms with E-state index in [0.29, 0.717) is 30.3 Å². The van der Waals surface area contributed by atoms with Gasteiger partial charge in [0.15, 0.2) is 0 Å². The Hall–Kier alpha value is -1.42. The molecule has 1 fully saturated rings. The van der Waals surface area contributed by atoms with Gasteiger partial charge in [0.05, 0.1) is 14.2 Å². The maximum absolute atomic E-state index is 10.4. The molecule has 0 aromatic heterocycles. The van der Waals surface area contributed by atoms with Crippen LogP contribution in [0.3, 0.4) is 0 Å². The first-order valence-corrected chi connectivity index (χ1v) is 6.32. The van der Waals surface area contributed by atoms with Gasteiger partial charge in [-0.2, -0.15) is 0 Å². The predicted molar refractivity (Wildman–Crippen MR) is 66.3 cm³/mol. The van der Waals surface area contributed by atoms with Crippen molar-refractivity contribution in [3.05, 3.63) is 17.7 Å². The summed E-state index contributed by atoms with van der Waals surface area (Å²) in [6.07, 6.45) is 3.41. The number of benzene rings is 1. The molecular weight excluding hydrogens is 232 g/mol. The van der Waals surface area contributed by atoms with E-state index in [0.717, 1.165) is 24.2 Å². The zero-order valence-corrected chi connectivity index (χ0v) is 10.7. The molecule has 1 aliphatic heterocycles. The van der Waals surface area contributed by atoms with Crippen molar-refractivity contribution in [2.75, 3.05) is 14.2 Å². The molecule has 0 unspecified atom stereocenters. The van der Waals surface area contributed by atoms with Gasteiger partial charge in [-0.15, -0.1) is 0 Å². The molecule has 0 radical (unpaired) electrons. The van der Waals surface area contributed by atoms with Crippen LogP contribution in [-0.2, 0) is 0 Å². The van der Waals surface area contributed by atoms with Crippen molar-refractivity contribution < 1.29 is 19.3 Å². The van der Waals surface area contributed by atoms with Crippen LogP contribution < -0.4 is 14.2 Å². The van der Waals surface area contributed by atoms with Crippen molar-refractivity contribution >= 4 is 0 Å². The Balaban J connectivity index is 2.12. The number of hydrogen-bond acceptors (Lipinski definition) is 4. The van der Waals surface area contributed by atoms with Gasteiger partial charge in [-0.25, -0.2) is 0 Å². The standard InChI is InChI=1S/C14H18O4/c1-16-10-6-11(17-2)13-9-4-3-5-14(15,8-9)18-12(13)7-10/h6-7,9,15H,3-5,8H2,1-2H3/t9-,14+/m1/s1. The lowest BCUT2D eigenvalue weighted by Gasteiger charge is -2.42. The van der Waals surface area contributed by atoms with Crippen LogP contribution in [0.25, 0.3) is 0 Å². The van der Waals surface area contributed by atoms with Crippen LogP contribution in [0.2, 0.25) is 0 Å². The second-order valence-corrected chi connectivity index (χ2v) is 5.08. The first-order chi connectivity index (χ1) is 8.65. The summed E-state index contributed by atoms with van der Waals surface area (Å²) in [6.45, 7) is 0. The van der Waals surface area contributed by atoms with Crippen LogP contribution >= 0.6 is 0 Å². The zero-order valence-electron chi connectivity index (χ0n) is 10.7. The van der Waals surface area contributed by atoms with Crippen LogP contribution in [0.5, 0.6) is 17.2 Å². The lowest BCUT2D eigenvalue weighted by molar-refractivity contribution is -0.172. The van der Waals surface area contributed by atoms with Gasteiger partial charge in [-0.1, -0.05) is 0 Å². The van der Waals surface area contributed by atoms with E-state index < -0.39 is 5.79 Å². The minimum absolute atomic E-state index is 0.313. The molecule has 18 heavy (non-hydrogen) atoms. The van der Waals surface area contributed by atoms with E-state index in [1.54, 1.807) is 14.2 Å². The quantitative estimate of drug-likeness (QED) is 0.875. The van der Waals surface area contributed by atoms with E-state index in [2.05, 4.69) is 0 Å². The van der Waals surface area contributed by atoms with E-state index in [4.69, 9.17) is 14.2 Å². The molecule has 4 heteroatoms. The summed E-state index contributed by atoms with van der Waals surface area (Å²) in [5, 5.41) is 10.4. The van der Waals surface area contributed by atoms with Crippen molar-refractivity contribution in [3.63, 3.8) is 0 Å². The SMILES string of the molecule is COc1cc(OC)c2c(c1)O[C@@]1(O)CCC[C@@H]2C1. The highest BCUT2D eigenvalue weighted by atomic mass is 16.6. The largest absolute Gasteiger partial charge is 0.496 e. The summed E-state index contributed by atoms with van der Waals surface area (Å²) < 4.78 is 16.4. The van der Waals surface area contributed by atoms with Crippen LogP contribution in [0, 0.1) is 0 Å². The maximum atomic E-state index is 10.4. The molecule has 0 amide bonds. The molecule has 1 N–H and O–H groups in total. The van der Waals surface area contributed by atoms with Gasteiger partial charge >= 0.3 is 0 Å². The highest BCUT2D eigenvalue weighted by molar-refractivity contribution is 5.54. The molecule has 0 saturated heterocycles. The molecule has 2 bridgehead atoms. The molecule has 1 heterocycles. The summed E-state index contributed by atoms with van der Waals surface area (Å²) in [5.41, 5.74) is 1.07. The number of methoxy groups -OCH3 is 2. The van der Waals surface area contributed by atoms with Gasteiger partial charge in [0.1, 0.15) is 17.2 Å². The molecule has 3 rings (SSSR count). The average Bonchev–Trinajstić information content (AvgIpc) is 2.36. The molecule has 98 valence electrons. The van der Waals surface area contributed by atoms with Gasteiger partial charge < -0.3 is 19.3 Å². The van der Waals surface area contributed by atoms with Gasteiger partial charge in [0.2, 0.25) is 5.79 Å². The van der Waals surface area contributed by atoms with E-state index in [1.807, 2.05) is 12.1 Å². The smallest absolute Gasteiger partial charge is 0.208 e. The summed E-state index contributed by atoms with van der Waals surface area (Å²) in [7, 11) is 3.26. The summed E-state index contributed by atoms with van der Waals surface area (Å²) >= 11 is 0. The molecule has 2 aliphatic rings. The Labute approximate surface area is 106 Å². The van der Waals surface area contributed by atoms with Crippen molar-refractivity contribution in [1.29, 1.82) is 0 Å². The molecule has 1 aliphatic carbocycles. The molecule has 4 nitrogen and oxygen atoms in total. The number of aliphatic hydroxyl groups is 1. The number of fused-ring (bicyclic) bond motifs is 4. The summed E-state index contributed by atoms with van der Waals surface area (Å²) in [5.74, 6) is 1.48. The fourth-order valence-electron chi connectivity index (χ4n) is 3.11. The van der Waals surface area contributed by atoms with Crippen LogP contribution in [0.15, 0.2) is 12.1 Å². The molecule has 1 aromatic carbocycles. The lowest BCUT2D eigenvalue weighted by Crippen LogP contribution is -2.43. The predicted octanol–water partition coefficient (Wildman–Crippen LogP) is 2.44. The van der Waals surface area contributed by atoms with Crippen LogP contribution in [-0.4, -0.2) is 25.1 Å². The number of rotatable bonds is 2. The Kier molecular flexibility index (Phi) is 2.63. The molecule has 1 saturated carbocycles. The number of hydrogen-bond donors (Lipinski definition) is 1. The van der Waals surface area contributed by atoms with Gasteiger partial charge in [-0.05, 0) is 18.8 Å². The van der Waals surface area contributed by atoms with Crippen molar-refractivity contribution in [3.8, 4) is 17.2 Å². The summed E-state index contributed by atoms with van der Waals surface area (Å²) in [4.78, 5) is 0. The monoisotopic (exact) mass is 250 g/mol. The number of ether oxygens (including phenoxy) is 3. The second-order valence-electron chi connectivity index (χ2n) is 5.08. The maximum Gasteiger partial charge on any atom is 0.208 e. The van der Waals surface area contributed by atoms with Crippen molar-refractivity contribution in [2.24, 2.45) is 0 Å². The van der Waals surface area contributed by atoms with Crippen molar-refractivity contribution in [2.45, 2.75) is 37.4 Å². The average molecular weight is 250 g/mol. The summed E-state index contributed by atoms with van der Waals surface area (Å²) in [6, 6.07) is 3.71. The third-order valence-corrected chi connectivity index (χ3v) is 3.93. The van der Waals surface area contributed by atoms with E-state index in [1.165, 1.54) is 0 Å². The van der Waals surface area contributed by atoms with E-state index >= 15 is 0 Å². The Bertz CT molecular complexity index is 471. The third-order valence-electron chi connectivity index (χ3n) is 3.93. The minimum Gasteiger partial charge on any atom is -0.496 e. The highest BCUT2D eigenvalue weighted by Crippen LogP contribution is 2.52. The van der Waals surface area contributed by atoms with Gasteiger partial charge in [0, 0.05) is 30.5 Å². The normalized spacial score (nSPS) is 29.2. The molecule has 1 aromatic rings. The van der Waals surface area contributed by atoms with E-state index in [-0.39, 0.29) is 0 Å². The first-order valence-electron chi connectivity index (χ1n) is 6.32. The molecular formula is C14H18O4. The Morgan fingerprint density at radius 2 is 2.17 bits per heavy atom. The topological polar surface area (TPSA) is 47.9 Å². The zero-order chi connectivity index (χ0) is 12.8. The minimum atomic E-state index is -1.01. The molecule has 2 atom stereocenters. The van der Waals surface area contributed by atoms with Gasteiger partial charge in [0.25, 0.3) is 0 Å². The Morgan fingerprint density at radius 1 is 1.33 bits per heavy atom. The first kappa shape index (κ1) is 11.7. The fraction of sp³-hybridized carbons (Fsp3) is 0.571. The fourth-order valence-corrected chi connectivity index (χ4v) is 3.11. The van der Waals surface area contributed by atoms with Crippen LogP contribution in [0.4, 0.5) is 0 Å². The van der Waals surface area contributed by atoms with Gasteiger partial charge in [-0.3, -0.25) is 0 Å². The second kappa shape index (κ2) is 4.05. The van der Waals surface area contributed by atoms with Crippen LogP contribution in [0.1, 0.15) is 37.2 Å².